The number of aromatic amines is 1. The minimum absolute atomic E-state index is 0.0609. The normalized spacial score (nSPS) is 15.2. The third kappa shape index (κ3) is 3.91. The maximum absolute atomic E-state index is 12.9. The SMILES string of the molecule is COc1ccc2[nH]cc(CCNC(=O)C(=O)N[C@@H]3C(=O)N(C(C)C)c4ccccc43)c2c1. The van der Waals surface area contributed by atoms with Crippen molar-refractivity contribution in [3.63, 3.8) is 0 Å². The summed E-state index contributed by atoms with van der Waals surface area (Å²) >= 11 is 0. The molecule has 0 fully saturated rings. The van der Waals surface area contributed by atoms with Gasteiger partial charge >= 0.3 is 11.8 Å². The number of nitrogens with one attached hydrogen (secondary N) is 3. The summed E-state index contributed by atoms with van der Waals surface area (Å²) < 4.78 is 5.27. The summed E-state index contributed by atoms with van der Waals surface area (Å²) in [6.45, 7) is 4.10. The average Bonchev–Trinajstić information content (AvgIpc) is 3.31. The monoisotopic (exact) mass is 434 g/mol. The van der Waals surface area contributed by atoms with E-state index in [1.807, 2.05) is 56.4 Å². The van der Waals surface area contributed by atoms with E-state index in [1.54, 1.807) is 18.1 Å². The average molecular weight is 434 g/mol. The van der Waals surface area contributed by atoms with Crippen LogP contribution in [0.4, 0.5) is 5.69 Å². The molecule has 3 aromatic rings. The Bertz CT molecular complexity index is 1180. The Kier molecular flexibility index (Phi) is 5.85. The summed E-state index contributed by atoms with van der Waals surface area (Å²) in [6, 6.07) is 12.1. The summed E-state index contributed by atoms with van der Waals surface area (Å²) in [5.41, 5.74) is 3.43. The smallest absolute Gasteiger partial charge is 0.310 e. The molecule has 32 heavy (non-hydrogen) atoms. The highest BCUT2D eigenvalue weighted by Crippen LogP contribution is 2.36. The number of para-hydroxylation sites is 1. The summed E-state index contributed by atoms with van der Waals surface area (Å²) in [7, 11) is 1.61. The zero-order valence-electron chi connectivity index (χ0n) is 18.3. The van der Waals surface area contributed by atoms with Crippen molar-refractivity contribution in [1.82, 2.24) is 15.6 Å². The molecule has 1 aliphatic heterocycles. The van der Waals surface area contributed by atoms with E-state index >= 15 is 0 Å². The number of ether oxygens (including phenoxy) is 1. The highest BCUT2D eigenvalue weighted by molar-refractivity contribution is 6.35. The summed E-state index contributed by atoms with van der Waals surface area (Å²) in [6.07, 6.45) is 2.42. The molecule has 0 saturated carbocycles. The Morgan fingerprint density at radius 3 is 2.69 bits per heavy atom. The first kappa shape index (κ1) is 21.4. The van der Waals surface area contributed by atoms with Gasteiger partial charge in [-0.25, -0.2) is 0 Å². The van der Waals surface area contributed by atoms with Crippen LogP contribution in [0.2, 0.25) is 0 Å². The van der Waals surface area contributed by atoms with Gasteiger partial charge in [-0.05, 0) is 50.1 Å². The number of aromatic nitrogens is 1. The Morgan fingerprint density at radius 2 is 1.94 bits per heavy atom. The number of carbonyl (C=O) groups is 3. The summed E-state index contributed by atoms with van der Waals surface area (Å²) in [5.74, 6) is -1.09. The van der Waals surface area contributed by atoms with Gasteiger partial charge in [0.1, 0.15) is 11.8 Å². The van der Waals surface area contributed by atoms with E-state index in [2.05, 4.69) is 15.6 Å². The van der Waals surface area contributed by atoms with Crippen molar-refractivity contribution >= 4 is 34.3 Å². The fourth-order valence-corrected chi connectivity index (χ4v) is 4.09. The molecule has 3 N–H and O–H groups in total. The number of benzene rings is 2. The zero-order chi connectivity index (χ0) is 22.8. The van der Waals surface area contributed by atoms with Crippen LogP contribution in [0.1, 0.15) is 31.0 Å². The summed E-state index contributed by atoms with van der Waals surface area (Å²) in [4.78, 5) is 42.6. The van der Waals surface area contributed by atoms with Gasteiger partial charge in [-0.15, -0.1) is 0 Å². The number of amides is 3. The molecule has 0 spiro atoms. The van der Waals surface area contributed by atoms with Crippen LogP contribution in [0.5, 0.6) is 5.75 Å². The lowest BCUT2D eigenvalue weighted by molar-refractivity contribution is -0.140. The van der Waals surface area contributed by atoms with Crippen molar-refractivity contribution in [1.29, 1.82) is 0 Å². The van der Waals surface area contributed by atoms with Gasteiger partial charge in [0, 0.05) is 40.9 Å². The van der Waals surface area contributed by atoms with Gasteiger partial charge in [0.05, 0.1) is 7.11 Å². The van der Waals surface area contributed by atoms with Crippen LogP contribution in [-0.4, -0.2) is 42.4 Å². The first-order valence-corrected chi connectivity index (χ1v) is 10.6. The van der Waals surface area contributed by atoms with E-state index < -0.39 is 17.9 Å². The first-order chi connectivity index (χ1) is 15.4. The molecule has 166 valence electrons. The quantitative estimate of drug-likeness (QED) is 0.519. The van der Waals surface area contributed by atoms with Crippen molar-refractivity contribution < 1.29 is 19.1 Å². The van der Waals surface area contributed by atoms with Crippen molar-refractivity contribution in [2.45, 2.75) is 32.4 Å². The van der Waals surface area contributed by atoms with Gasteiger partial charge in [-0.3, -0.25) is 14.4 Å². The molecule has 0 aliphatic carbocycles. The number of fused-ring (bicyclic) bond motifs is 2. The van der Waals surface area contributed by atoms with E-state index in [9.17, 15) is 14.4 Å². The Balaban J connectivity index is 1.38. The fourth-order valence-electron chi connectivity index (χ4n) is 4.09. The molecular formula is C24H26N4O4. The second-order valence-electron chi connectivity index (χ2n) is 8.00. The van der Waals surface area contributed by atoms with Crippen LogP contribution in [0.15, 0.2) is 48.7 Å². The number of hydrogen-bond donors (Lipinski definition) is 3. The molecular weight excluding hydrogens is 408 g/mol. The molecule has 0 radical (unpaired) electrons. The van der Waals surface area contributed by atoms with Crippen molar-refractivity contribution in [3.8, 4) is 5.75 Å². The maximum atomic E-state index is 12.9. The number of anilines is 1. The fraction of sp³-hybridized carbons (Fsp3) is 0.292. The van der Waals surface area contributed by atoms with Gasteiger partial charge in [0.25, 0.3) is 5.91 Å². The van der Waals surface area contributed by atoms with Crippen LogP contribution in [0.25, 0.3) is 10.9 Å². The molecule has 4 rings (SSSR count). The number of methoxy groups -OCH3 is 1. The van der Waals surface area contributed by atoms with E-state index in [4.69, 9.17) is 4.74 Å². The van der Waals surface area contributed by atoms with Crippen LogP contribution in [0.3, 0.4) is 0 Å². The molecule has 8 nitrogen and oxygen atoms in total. The molecule has 1 aliphatic rings. The molecule has 1 aromatic heterocycles. The molecule has 8 heteroatoms. The standard InChI is InChI=1S/C24H26N4O4/c1-14(2)28-20-7-5-4-6-17(20)21(24(28)31)27-23(30)22(29)25-11-10-15-13-26-19-9-8-16(32-3)12-18(15)19/h4-9,12-14,21,26H,10-11H2,1-3H3,(H,25,29)(H,27,30)/t21-/m0/s1. The van der Waals surface area contributed by atoms with E-state index in [0.29, 0.717) is 12.0 Å². The predicted octanol–water partition coefficient (Wildman–Crippen LogP) is 2.45. The number of rotatable bonds is 6. The number of nitrogens with zero attached hydrogens (tertiary/aromatic N) is 1. The molecule has 0 bridgehead atoms. The van der Waals surface area contributed by atoms with Crippen molar-refractivity contribution in [2.24, 2.45) is 0 Å². The lowest BCUT2D eigenvalue weighted by atomic mass is 10.1. The van der Waals surface area contributed by atoms with Crippen molar-refractivity contribution in [2.75, 3.05) is 18.6 Å². The number of hydrogen-bond acceptors (Lipinski definition) is 4. The number of carbonyl (C=O) groups excluding carboxylic acids is 3. The van der Waals surface area contributed by atoms with Crippen LogP contribution in [0, 0.1) is 0 Å². The molecule has 3 amide bonds. The minimum atomic E-state index is -0.868. The minimum Gasteiger partial charge on any atom is -0.497 e. The van der Waals surface area contributed by atoms with Crippen LogP contribution < -0.4 is 20.3 Å². The molecule has 0 saturated heterocycles. The van der Waals surface area contributed by atoms with E-state index in [-0.39, 0.29) is 18.5 Å². The van der Waals surface area contributed by atoms with Gasteiger partial charge < -0.3 is 25.3 Å². The first-order valence-electron chi connectivity index (χ1n) is 10.6. The lowest BCUT2D eigenvalue weighted by Gasteiger charge is -2.22. The Labute approximate surface area is 185 Å². The maximum Gasteiger partial charge on any atom is 0.310 e. The zero-order valence-corrected chi connectivity index (χ0v) is 18.3. The Morgan fingerprint density at radius 1 is 1.16 bits per heavy atom. The van der Waals surface area contributed by atoms with Crippen molar-refractivity contribution in [3.05, 3.63) is 59.8 Å². The molecule has 1 atom stereocenters. The summed E-state index contributed by atoms with van der Waals surface area (Å²) in [5, 5.41) is 6.24. The molecule has 0 unspecified atom stereocenters. The van der Waals surface area contributed by atoms with Crippen LogP contribution >= 0.6 is 0 Å². The second kappa shape index (κ2) is 8.74. The third-order valence-electron chi connectivity index (χ3n) is 5.64. The Hall–Kier alpha value is -3.81. The third-order valence-corrected chi connectivity index (χ3v) is 5.64. The van der Waals surface area contributed by atoms with Gasteiger partial charge in [0.2, 0.25) is 0 Å². The topological polar surface area (TPSA) is 104 Å². The second-order valence-corrected chi connectivity index (χ2v) is 8.00. The van der Waals surface area contributed by atoms with Gasteiger partial charge in [0.15, 0.2) is 0 Å². The van der Waals surface area contributed by atoms with Crippen LogP contribution in [-0.2, 0) is 20.8 Å². The molecule has 2 heterocycles. The van der Waals surface area contributed by atoms with E-state index in [0.717, 1.165) is 27.9 Å². The highest BCUT2D eigenvalue weighted by Gasteiger charge is 2.39. The largest absolute Gasteiger partial charge is 0.497 e. The van der Waals surface area contributed by atoms with Gasteiger partial charge in [-0.2, -0.15) is 0 Å². The number of H-pyrrole nitrogens is 1. The van der Waals surface area contributed by atoms with E-state index in [1.165, 1.54) is 0 Å². The van der Waals surface area contributed by atoms with Gasteiger partial charge in [-0.1, -0.05) is 18.2 Å². The predicted molar refractivity (Wildman–Crippen MR) is 122 cm³/mol. The lowest BCUT2D eigenvalue weighted by Crippen LogP contribution is -2.45. The highest BCUT2D eigenvalue weighted by atomic mass is 16.5. The molecule has 2 aromatic carbocycles.